The molecule has 0 fully saturated rings. The Morgan fingerprint density at radius 2 is 2.00 bits per heavy atom. The third-order valence-corrected chi connectivity index (χ3v) is 3.97. The van der Waals surface area contributed by atoms with Crippen LogP contribution in [0.4, 0.5) is 17.6 Å². The van der Waals surface area contributed by atoms with Crippen LogP contribution in [0.5, 0.6) is 0 Å². The Morgan fingerprint density at radius 3 is 2.79 bits per heavy atom. The molecule has 0 spiro atoms. The average molecular weight is 341 g/mol. The molecule has 2 aromatic heterocycles. The second-order valence-electron chi connectivity index (χ2n) is 5.57. The van der Waals surface area contributed by atoms with Crippen molar-refractivity contribution in [1.82, 2.24) is 24.8 Å². The highest BCUT2D eigenvalue weighted by Crippen LogP contribution is 2.30. The van der Waals surface area contributed by atoms with Crippen LogP contribution < -0.4 is 0 Å². The highest BCUT2D eigenvalue weighted by atomic mass is 19.4. The number of hydrogen-bond acceptors (Lipinski definition) is 5. The van der Waals surface area contributed by atoms with Crippen LogP contribution >= 0.6 is 0 Å². The highest BCUT2D eigenvalue weighted by molar-refractivity contribution is 5.79. The van der Waals surface area contributed by atoms with Crippen LogP contribution in [0.2, 0.25) is 0 Å². The lowest BCUT2D eigenvalue weighted by Crippen LogP contribution is -2.35. The number of hydrogen-bond donors (Lipinski definition) is 0. The molecule has 0 amide bonds. The molecule has 0 atom stereocenters. The molecule has 1 aliphatic rings. The molecule has 6 nitrogen and oxygen atoms in total. The number of benzene rings is 1. The van der Waals surface area contributed by atoms with Crippen LogP contribution in [0.1, 0.15) is 17.3 Å². The van der Waals surface area contributed by atoms with Gasteiger partial charge in [0, 0.05) is 31.1 Å². The summed E-state index contributed by atoms with van der Waals surface area (Å²) < 4.78 is 57.8. The molecule has 4 rings (SSSR count). The monoisotopic (exact) mass is 341 g/mol. The van der Waals surface area contributed by atoms with Gasteiger partial charge >= 0.3 is 6.18 Å². The fourth-order valence-corrected chi connectivity index (χ4v) is 2.84. The van der Waals surface area contributed by atoms with Crippen LogP contribution in [0.3, 0.4) is 0 Å². The van der Waals surface area contributed by atoms with E-state index in [0.717, 1.165) is 4.57 Å². The Labute approximate surface area is 132 Å². The number of halogens is 4. The number of aromatic nitrogens is 4. The van der Waals surface area contributed by atoms with Crippen LogP contribution in [0.15, 0.2) is 22.7 Å². The summed E-state index contributed by atoms with van der Waals surface area (Å²) in [6.07, 6.45) is -4.51. The predicted molar refractivity (Wildman–Crippen MR) is 73.1 cm³/mol. The minimum absolute atomic E-state index is 0.140. The van der Waals surface area contributed by atoms with Crippen LogP contribution in [-0.4, -0.2) is 31.4 Å². The fourth-order valence-electron chi connectivity index (χ4n) is 2.84. The Morgan fingerprint density at radius 1 is 1.17 bits per heavy atom. The van der Waals surface area contributed by atoms with E-state index in [1.807, 2.05) is 4.90 Å². The molecule has 0 bridgehead atoms. The van der Waals surface area contributed by atoms with Gasteiger partial charge in [-0.1, -0.05) is 5.16 Å². The van der Waals surface area contributed by atoms with E-state index in [4.69, 9.17) is 4.52 Å². The fraction of sp³-hybridized carbons (Fsp3) is 0.357. The van der Waals surface area contributed by atoms with E-state index in [9.17, 15) is 17.6 Å². The SMILES string of the molecule is Fc1ccc2c(CN3CCn4c(nnc4C(F)(F)F)C3)noc2c1. The summed E-state index contributed by atoms with van der Waals surface area (Å²) in [4.78, 5) is 1.89. The minimum Gasteiger partial charge on any atom is -0.356 e. The van der Waals surface area contributed by atoms with Crippen molar-refractivity contribution >= 4 is 11.0 Å². The van der Waals surface area contributed by atoms with Crippen LogP contribution in [0.25, 0.3) is 11.0 Å². The van der Waals surface area contributed by atoms with Gasteiger partial charge in [0.25, 0.3) is 0 Å². The largest absolute Gasteiger partial charge is 0.451 e. The number of alkyl halides is 3. The van der Waals surface area contributed by atoms with Gasteiger partial charge in [0.2, 0.25) is 5.82 Å². The van der Waals surface area contributed by atoms with E-state index in [2.05, 4.69) is 15.4 Å². The number of fused-ring (bicyclic) bond motifs is 2. The van der Waals surface area contributed by atoms with Crippen LogP contribution in [0, 0.1) is 5.82 Å². The lowest BCUT2D eigenvalue weighted by molar-refractivity contribution is -0.148. The van der Waals surface area contributed by atoms with Gasteiger partial charge in [-0.05, 0) is 12.1 Å². The summed E-state index contributed by atoms with van der Waals surface area (Å²) in [7, 11) is 0. The van der Waals surface area contributed by atoms with E-state index < -0.39 is 17.8 Å². The van der Waals surface area contributed by atoms with Crippen molar-refractivity contribution in [3.8, 4) is 0 Å². The normalized spacial score (nSPS) is 15.8. The summed E-state index contributed by atoms with van der Waals surface area (Å²) >= 11 is 0. The lowest BCUT2D eigenvalue weighted by Gasteiger charge is -2.27. The second-order valence-corrected chi connectivity index (χ2v) is 5.57. The average Bonchev–Trinajstić information content (AvgIpc) is 3.10. The first-order valence-corrected chi connectivity index (χ1v) is 7.17. The quantitative estimate of drug-likeness (QED) is 0.671. The Kier molecular flexibility index (Phi) is 3.30. The molecule has 0 unspecified atom stereocenters. The highest BCUT2D eigenvalue weighted by Gasteiger charge is 2.39. The molecule has 3 aromatic rings. The van der Waals surface area contributed by atoms with Crippen molar-refractivity contribution in [2.45, 2.75) is 25.8 Å². The predicted octanol–water partition coefficient (Wildman–Crippen LogP) is 2.59. The van der Waals surface area contributed by atoms with Gasteiger partial charge in [0.15, 0.2) is 5.58 Å². The van der Waals surface area contributed by atoms with Gasteiger partial charge in [0.05, 0.1) is 6.54 Å². The van der Waals surface area contributed by atoms with E-state index >= 15 is 0 Å². The molecule has 10 heteroatoms. The first-order valence-electron chi connectivity index (χ1n) is 7.17. The lowest BCUT2D eigenvalue weighted by atomic mass is 10.2. The molecule has 126 valence electrons. The topological polar surface area (TPSA) is 60.0 Å². The third kappa shape index (κ3) is 2.52. The molecule has 0 saturated heterocycles. The Hall–Kier alpha value is -2.49. The van der Waals surface area contributed by atoms with E-state index in [1.165, 1.54) is 12.1 Å². The van der Waals surface area contributed by atoms with Crippen molar-refractivity contribution in [3.63, 3.8) is 0 Å². The zero-order chi connectivity index (χ0) is 16.9. The van der Waals surface area contributed by atoms with Crippen molar-refractivity contribution in [3.05, 3.63) is 41.4 Å². The molecule has 24 heavy (non-hydrogen) atoms. The summed E-state index contributed by atoms with van der Waals surface area (Å²) in [6, 6.07) is 4.13. The number of rotatable bonds is 2. The van der Waals surface area contributed by atoms with E-state index in [1.54, 1.807) is 6.07 Å². The zero-order valence-corrected chi connectivity index (χ0v) is 12.2. The van der Waals surface area contributed by atoms with E-state index in [-0.39, 0.29) is 18.9 Å². The van der Waals surface area contributed by atoms with Gasteiger partial charge in [-0.3, -0.25) is 4.90 Å². The van der Waals surface area contributed by atoms with E-state index in [0.29, 0.717) is 29.8 Å². The van der Waals surface area contributed by atoms with Crippen molar-refractivity contribution in [2.75, 3.05) is 6.54 Å². The molecule has 1 aromatic carbocycles. The van der Waals surface area contributed by atoms with Gasteiger partial charge in [-0.25, -0.2) is 4.39 Å². The summed E-state index contributed by atoms with van der Waals surface area (Å²) in [6.45, 7) is 1.12. The van der Waals surface area contributed by atoms with Crippen molar-refractivity contribution in [2.24, 2.45) is 0 Å². The van der Waals surface area contributed by atoms with Gasteiger partial charge in [-0.2, -0.15) is 13.2 Å². The smallest absolute Gasteiger partial charge is 0.356 e. The molecule has 0 aliphatic carbocycles. The summed E-state index contributed by atoms with van der Waals surface area (Å²) in [5, 5.41) is 11.5. The van der Waals surface area contributed by atoms with Gasteiger partial charge in [0.1, 0.15) is 17.3 Å². The zero-order valence-electron chi connectivity index (χ0n) is 12.2. The van der Waals surface area contributed by atoms with Gasteiger partial charge < -0.3 is 9.09 Å². The molecule has 0 radical (unpaired) electrons. The minimum atomic E-state index is -4.51. The standard InChI is InChI=1S/C14H11F4N5O/c15-8-1-2-9-10(21-24-11(9)5-8)6-22-3-4-23-12(7-22)19-20-13(23)14(16,17)18/h1-2,5H,3-4,6-7H2. The second kappa shape index (κ2) is 5.26. The maximum Gasteiger partial charge on any atom is 0.451 e. The van der Waals surface area contributed by atoms with Crippen molar-refractivity contribution < 1.29 is 22.1 Å². The third-order valence-electron chi connectivity index (χ3n) is 3.97. The summed E-state index contributed by atoms with van der Waals surface area (Å²) in [5.74, 6) is -1.14. The number of nitrogens with zero attached hydrogens (tertiary/aromatic N) is 5. The molecular formula is C14H11F4N5O. The molecule has 0 N–H and O–H groups in total. The maximum atomic E-state index is 13.2. The molecule has 1 aliphatic heterocycles. The molecule has 0 saturated carbocycles. The first kappa shape index (κ1) is 15.1. The van der Waals surface area contributed by atoms with Crippen LogP contribution in [-0.2, 0) is 25.8 Å². The Balaban J connectivity index is 1.56. The Bertz CT molecular complexity index is 900. The summed E-state index contributed by atoms with van der Waals surface area (Å²) in [5.41, 5.74) is 0.943. The van der Waals surface area contributed by atoms with Gasteiger partial charge in [-0.15, -0.1) is 10.2 Å². The first-order chi connectivity index (χ1) is 11.4. The molecular weight excluding hydrogens is 330 g/mol. The van der Waals surface area contributed by atoms with Crippen molar-refractivity contribution in [1.29, 1.82) is 0 Å². The maximum absolute atomic E-state index is 13.2. The molecule has 3 heterocycles.